The monoisotopic (exact) mass is 365 g/mol. The lowest BCUT2D eigenvalue weighted by Gasteiger charge is -2.31. The van der Waals surface area contributed by atoms with Crippen LogP contribution in [0.1, 0.15) is 11.1 Å². The average Bonchev–Trinajstić information content (AvgIpc) is 2.21. The zero-order valence-electron chi connectivity index (χ0n) is 10.2. The predicted molar refractivity (Wildman–Crippen MR) is 51.0 cm³/mol. The molecule has 1 nitrogen and oxygen atoms in total. The second kappa shape index (κ2) is 5.37. The van der Waals surface area contributed by atoms with Crippen molar-refractivity contribution >= 4 is 5.69 Å². The van der Waals surface area contributed by atoms with Crippen molar-refractivity contribution in [2.24, 2.45) is 0 Å². The van der Waals surface area contributed by atoms with Gasteiger partial charge in [-0.1, -0.05) is 6.07 Å². The van der Waals surface area contributed by atoms with Crippen LogP contribution in [0.2, 0.25) is 0 Å². The third-order valence-corrected chi connectivity index (χ3v) is 2.38. The minimum absolute atomic E-state index is 0.0118. The van der Waals surface area contributed by atoms with E-state index in [1.807, 2.05) is 0 Å². The van der Waals surface area contributed by atoms with Crippen molar-refractivity contribution in [1.82, 2.24) is 0 Å². The highest BCUT2D eigenvalue weighted by molar-refractivity contribution is 5.60. The number of benzene rings is 1. The molecule has 0 aliphatic rings. The maximum atomic E-state index is 12.7. The molecule has 0 unspecified atom stereocenters. The Hall–Kier alpha value is -1.82. The summed E-state index contributed by atoms with van der Waals surface area (Å²) < 4.78 is 150. The zero-order chi connectivity index (χ0) is 18.4. The first-order valence-electron chi connectivity index (χ1n) is 5.18. The highest BCUT2D eigenvalue weighted by Gasteiger charge is 2.57. The summed E-state index contributed by atoms with van der Waals surface area (Å²) in [5.41, 5.74) is -8.46. The van der Waals surface area contributed by atoms with E-state index in [4.69, 9.17) is 0 Å². The van der Waals surface area contributed by atoms with Crippen LogP contribution in [0.5, 0.6) is 0 Å². The van der Waals surface area contributed by atoms with Crippen molar-refractivity contribution in [2.45, 2.75) is 25.0 Å². The Morgan fingerprint density at radius 1 is 0.609 bits per heavy atom. The van der Waals surface area contributed by atoms with Gasteiger partial charge in [-0.15, -0.1) is 26.3 Å². The topological polar surface area (TPSA) is 3.24 Å². The number of nitrogens with zero attached hydrogens (tertiary/aromatic N) is 1. The average molecular weight is 365 g/mol. The Balaban J connectivity index is 3.84. The van der Waals surface area contributed by atoms with Crippen LogP contribution in [0.3, 0.4) is 0 Å². The van der Waals surface area contributed by atoms with Crippen LogP contribution in [0, 0.1) is 0 Å². The van der Waals surface area contributed by atoms with E-state index >= 15 is 0 Å². The van der Waals surface area contributed by atoms with Gasteiger partial charge < -0.3 is 0 Å². The number of halogens is 12. The molecule has 0 radical (unpaired) electrons. The molecular formula is C10H3F12N. The van der Waals surface area contributed by atoms with Crippen molar-refractivity contribution in [3.63, 3.8) is 0 Å². The maximum Gasteiger partial charge on any atom is 0.491 e. The molecule has 0 saturated carbocycles. The van der Waals surface area contributed by atoms with Crippen molar-refractivity contribution in [2.75, 3.05) is 4.90 Å². The molecule has 0 amide bonds. The molecule has 0 spiro atoms. The van der Waals surface area contributed by atoms with Crippen molar-refractivity contribution in [1.29, 1.82) is 0 Å². The smallest absolute Gasteiger partial charge is 0.193 e. The fraction of sp³-hybridized carbons (Fsp3) is 0.400. The van der Waals surface area contributed by atoms with Crippen LogP contribution in [0.15, 0.2) is 18.2 Å². The standard InChI is InChI=1S/C10H3F12N/c11-7(12,13)4-2-1-3-5(6(4)8(14,15)16)23(9(17,18)19)10(20,21)22/h1-3H. The van der Waals surface area contributed by atoms with E-state index in [9.17, 15) is 52.7 Å². The van der Waals surface area contributed by atoms with E-state index in [1.165, 1.54) is 0 Å². The molecule has 0 saturated heterocycles. The van der Waals surface area contributed by atoms with Gasteiger partial charge in [-0.25, -0.2) is 0 Å². The number of rotatable bonds is 1. The molecule has 0 bridgehead atoms. The van der Waals surface area contributed by atoms with E-state index in [0.29, 0.717) is 0 Å². The summed E-state index contributed by atoms with van der Waals surface area (Å²) >= 11 is 0. The van der Waals surface area contributed by atoms with Crippen molar-refractivity contribution < 1.29 is 52.7 Å². The summed E-state index contributed by atoms with van der Waals surface area (Å²) in [5.74, 6) is 0. The van der Waals surface area contributed by atoms with Gasteiger partial charge in [-0.05, 0) is 12.1 Å². The zero-order valence-corrected chi connectivity index (χ0v) is 10.2. The highest BCUT2D eigenvalue weighted by Crippen LogP contribution is 2.49. The Morgan fingerprint density at radius 2 is 1.04 bits per heavy atom. The van der Waals surface area contributed by atoms with E-state index in [-0.39, 0.29) is 18.2 Å². The molecule has 0 aliphatic heterocycles. The van der Waals surface area contributed by atoms with E-state index in [1.54, 1.807) is 0 Å². The lowest BCUT2D eigenvalue weighted by atomic mass is 10.0. The molecule has 0 atom stereocenters. The Kier molecular flexibility index (Phi) is 4.49. The highest BCUT2D eigenvalue weighted by atomic mass is 19.4. The number of anilines is 1. The van der Waals surface area contributed by atoms with Crippen molar-refractivity contribution in [3.8, 4) is 0 Å². The van der Waals surface area contributed by atoms with Gasteiger partial charge in [0.15, 0.2) is 0 Å². The molecule has 13 heteroatoms. The first-order valence-corrected chi connectivity index (χ1v) is 5.18. The molecule has 0 fully saturated rings. The van der Waals surface area contributed by atoms with E-state index < -0.39 is 46.7 Å². The normalized spacial score (nSPS) is 14.1. The minimum atomic E-state index is -6.43. The maximum absolute atomic E-state index is 12.7. The molecule has 0 aliphatic carbocycles. The third-order valence-electron chi connectivity index (χ3n) is 2.38. The fourth-order valence-corrected chi connectivity index (χ4v) is 1.68. The first-order chi connectivity index (χ1) is 9.97. The van der Waals surface area contributed by atoms with Gasteiger partial charge in [0, 0.05) is 0 Å². The second-order valence-corrected chi connectivity index (χ2v) is 3.97. The van der Waals surface area contributed by atoms with Gasteiger partial charge in [0.25, 0.3) is 0 Å². The van der Waals surface area contributed by atoms with Gasteiger partial charge >= 0.3 is 25.0 Å². The summed E-state index contributed by atoms with van der Waals surface area (Å²) in [4.78, 5) is -2.63. The Bertz CT molecular complexity index is 547. The molecule has 0 heterocycles. The summed E-state index contributed by atoms with van der Waals surface area (Å²) in [6.45, 7) is 0. The SMILES string of the molecule is FC(F)(F)c1cccc(N(C(F)(F)F)C(F)(F)F)c1C(F)(F)F. The van der Waals surface area contributed by atoms with Gasteiger partial charge in [0.2, 0.25) is 0 Å². The van der Waals surface area contributed by atoms with Gasteiger partial charge in [-0.2, -0.15) is 31.2 Å². The molecule has 132 valence electrons. The quantitative estimate of drug-likeness (QED) is 0.465. The molecular weight excluding hydrogens is 362 g/mol. The van der Waals surface area contributed by atoms with Crippen LogP contribution in [-0.4, -0.2) is 12.6 Å². The Labute approximate surface area is 119 Å². The fourth-order valence-electron chi connectivity index (χ4n) is 1.68. The molecule has 1 rings (SSSR count). The lowest BCUT2D eigenvalue weighted by molar-refractivity contribution is -0.228. The lowest BCUT2D eigenvalue weighted by Crippen LogP contribution is -2.49. The molecule has 0 aromatic heterocycles. The van der Waals surface area contributed by atoms with Gasteiger partial charge in [-0.3, -0.25) is 0 Å². The largest absolute Gasteiger partial charge is 0.491 e. The number of hydrogen-bond donors (Lipinski definition) is 0. The molecule has 1 aromatic rings. The molecule has 0 N–H and O–H groups in total. The summed E-state index contributed by atoms with van der Waals surface area (Å²) in [6, 6.07) is -0.603. The van der Waals surface area contributed by atoms with Crippen molar-refractivity contribution in [3.05, 3.63) is 29.3 Å². The van der Waals surface area contributed by atoms with Crippen LogP contribution in [0.4, 0.5) is 58.4 Å². The number of alkyl halides is 12. The summed E-state index contributed by atoms with van der Waals surface area (Å²) in [7, 11) is 0. The second-order valence-electron chi connectivity index (χ2n) is 3.97. The molecule has 1 aromatic carbocycles. The first kappa shape index (κ1) is 19.2. The van der Waals surface area contributed by atoms with Gasteiger partial charge in [0.1, 0.15) is 0 Å². The third kappa shape index (κ3) is 4.13. The van der Waals surface area contributed by atoms with Crippen LogP contribution >= 0.6 is 0 Å². The van der Waals surface area contributed by atoms with E-state index in [0.717, 1.165) is 0 Å². The summed E-state index contributed by atoms with van der Waals surface area (Å²) in [6.07, 6.45) is -24.8. The van der Waals surface area contributed by atoms with Crippen LogP contribution in [-0.2, 0) is 12.4 Å². The Morgan fingerprint density at radius 3 is 1.35 bits per heavy atom. The molecule has 23 heavy (non-hydrogen) atoms. The van der Waals surface area contributed by atoms with Crippen LogP contribution < -0.4 is 4.90 Å². The number of hydrogen-bond acceptors (Lipinski definition) is 1. The van der Waals surface area contributed by atoms with Gasteiger partial charge in [0.05, 0.1) is 16.8 Å². The summed E-state index contributed by atoms with van der Waals surface area (Å²) in [5, 5.41) is 0. The minimum Gasteiger partial charge on any atom is -0.193 e. The van der Waals surface area contributed by atoms with Crippen LogP contribution in [0.25, 0.3) is 0 Å². The predicted octanol–water partition coefficient (Wildman–Crippen LogP) is 5.57. The van der Waals surface area contributed by atoms with E-state index in [2.05, 4.69) is 0 Å².